The lowest BCUT2D eigenvalue weighted by molar-refractivity contribution is -0.387. The van der Waals surface area contributed by atoms with E-state index in [2.05, 4.69) is 0 Å². The molecule has 1 aromatic rings. The third-order valence-corrected chi connectivity index (χ3v) is 2.22. The highest BCUT2D eigenvalue weighted by molar-refractivity contribution is 14.1. The minimum absolute atomic E-state index is 0.366. The standard InChI is InChI=1S/C7H5FINO2/c8-7-5(4-9)2-1-3-6(7)10(11)12/h1-3H,4H2. The van der Waals surface area contributed by atoms with Crippen LogP contribution in [0.25, 0.3) is 0 Å². The Hall–Kier alpha value is -0.720. The Labute approximate surface area is 81.9 Å². The Morgan fingerprint density at radius 2 is 2.25 bits per heavy atom. The van der Waals surface area contributed by atoms with Gasteiger partial charge in [-0.25, -0.2) is 0 Å². The van der Waals surface area contributed by atoms with Gasteiger partial charge >= 0.3 is 5.69 Å². The first kappa shape index (κ1) is 9.37. The summed E-state index contributed by atoms with van der Waals surface area (Å²) in [6.07, 6.45) is 0. The van der Waals surface area contributed by atoms with E-state index in [9.17, 15) is 14.5 Å². The van der Waals surface area contributed by atoms with Crippen LogP contribution in [0.15, 0.2) is 18.2 Å². The number of hydrogen-bond acceptors (Lipinski definition) is 2. The molecule has 0 N–H and O–H groups in total. The molecule has 0 bridgehead atoms. The van der Waals surface area contributed by atoms with Gasteiger partial charge in [0.1, 0.15) is 0 Å². The second-order valence-corrected chi connectivity index (χ2v) is 2.90. The molecule has 0 aromatic heterocycles. The summed E-state index contributed by atoms with van der Waals surface area (Å²) in [5, 5.41) is 10.3. The number of nitro groups is 1. The van der Waals surface area contributed by atoms with Crippen molar-refractivity contribution in [2.45, 2.75) is 4.43 Å². The van der Waals surface area contributed by atoms with Gasteiger partial charge in [-0.3, -0.25) is 10.1 Å². The summed E-state index contributed by atoms with van der Waals surface area (Å²) < 4.78 is 13.5. The molecule has 0 aliphatic heterocycles. The Morgan fingerprint density at radius 1 is 1.58 bits per heavy atom. The van der Waals surface area contributed by atoms with Crippen molar-refractivity contribution in [3.05, 3.63) is 39.7 Å². The van der Waals surface area contributed by atoms with Crippen LogP contribution in [0.2, 0.25) is 0 Å². The van der Waals surface area contributed by atoms with Crippen LogP contribution in [0.3, 0.4) is 0 Å². The van der Waals surface area contributed by atoms with Crippen LogP contribution in [-0.2, 0) is 4.43 Å². The lowest BCUT2D eigenvalue weighted by Crippen LogP contribution is -1.95. The predicted octanol–water partition coefficient (Wildman–Crippen LogP) is 2.67. The van der Waals surface area contributed by atoms with E-state index in [1.54, 1.807) is 0 Å². The van der Waals surface area contributed by atoms with E-state index in [1.807, 2.05) is 22.6 Å². The summed E-state index contributed by atoms with van der Waals surface area (Å²) in [5.41, 5.74) is -0.0889. The quantitative estimate of drug-likeness (QED) is 0.362. The summed E-state index contributed by atoms with van der Waals surface area (Å²) in [6.45, 7) is 0. The van der Waals surface area contributed by atoms with Crippen LogP contribution in [-0.4, -0.2) is 4.92 Å². The maximum atomic E-state index is 13.1. The van der Waals surface area contributed by atoms with Crippen LogP contribution in [0.5, 0.6) is 0 Å². The highest BCUT2D eigenvalue weighted by Gasteiger charge is 2.15. The van der Waals surface area contributed by atoms with Gasteiger partial charge in [-0.05, 0) is 0 Å². The number of nitro benzene ring substituents is 1. The molecular formula is C7H5FINO2. The topological polar surface area (TPSA) is 43.1 Å². The van der Waals surface area contributed by atoms with Gasteiger partial charge in [0.05, 0.1) is 4.92 Å². The van der Waals surface area contributed by atoms with Gasteiger partial charge in [0, 0.05) is 16.1 Å². The molecule has 1 rings (SSSR count). The van der Waals surface area contributed by atoms with Gasteiger partial charge in [0.15, 0.2) is 0 Å². The maximum Gasteiger partial charge on any atom is 0.305 e. The van der Waals surface area contributed by atoms with Crippen LogP contribution in [0, 0.1) is 15.9 Å². The van der Waals surface area contributed by atoms with Gasteiger partial charge in [-0.15, -0.1) is 0 Å². The van der Waals surface area contributed by atoms with Crippen LogP contribution < -0.4 is 0 Å². The normalized spacial score (nSPS) is 9.83. The SMILES string of the molecule is O=[N+]([O-])c1cccc(CI)c1F. The molecule has 0 aliphatic rings. The van der Waals surface area contributed by atoms with Crippen molar-refractivity contribution in [2.75, 3.05) is 0 Å². The molecule has 0 amide bonds. The molecule has 3 nitrogen and oxygen atoms in total. The molecule has 5 heteroatoms. The molecule has 0 atom stereocenters. The van der Waals surface area contributed by atoms with E-state index >= 15 is 0 Å². The Kier molecular flexibility index (Phi) is 2.96. The summed E-state index contributed by atoms with van der Waals surface area (Å²) >= 11 is 1.96. The predicted molar refractivity (Wildman–Crippen MR) is 50.8 cm³/mol. The number of alkyl halides is 1. The third kappa shape index (κ3) is 1.71. The van der Waals surface area contributed by atoms with Crippen LogP contribution >= 0.6 is 22.6 Å². The first-order chi connectivity index (χ1) is 5.66. The summed E-state index contributed by atoms with van der Waals surface area (Å²) in [4.78, 5) is 9.54. The fraction of sp³-hybridized carbons (Fsp3) is 0.143. The summed E-state index contributed by atoms with van der Waals surface area (Å²) in [6, 6.07) is 4.18. The molecule has 0 unspecified atom stereocenters. The summed E-state index contributed by atoms with van der Waals surface area (Å²) in [7, 11) is 0. The Balaban J connectivity index is 3.23. The average molecular weight is 281 g/mol. The molecule has 64 valence electrons. The van der Waals surface area contributed by atoms with Gasteiger partial charge in [-0.1, -0.05) is 34.7 Å². The minimum Gasteiger partial charge on any atom is -0.258 e. The van der Waals surface area contributed by atoms with Crippen molar-refractivity contribution in [3.63, 3.8) is 0 Å². The zero-order valence-corrected chi connectivity index (χ0v) is 8.12. The van der Waals surface area contributed by atoms with Crippen LogP contribution in [0.4, 0.5) is 10.1 Å². The second kappa shape index (κ2) is 3.79. The van der Waals surface area contributed by atoms with E-state index in [4.69, 9.17) is 0 Å². The highest BCUT2D eigenvalue weighted by atomic mass is 127. The average Bonchev–Trinajstić information content (AvgIpc) is 2.04. The van der Waals surface area contributed by atoms with Gasteiger partial charge in [0.25, 0.3) is 0 Å². The monoisotopic (exact) mass is 281 g/mol. The highest BCUT2D eigenvalue weighted by Crippen LogP contribution is 2.21. The molecule has 0 spiro atoms. The first-order valence-corrected chi connectivity index (χ1v) is 4.67. The number of rotatable bonds is 2. The fourth-order valence-corrected chi connectivity index (χ4v) is 1.40. The van der Waals surface area contributed by atoms with Crippen molar-refractivity contribution >= 4 is 28.3 Å². The zero-order valence-electron chi connectivity index (χ0n) is 5.96. The van der Waals surface area contributed by atoms with Gasteiger partial charge in [-0.2, -0.15) is 4.39 Å². The molecule has 1 aromatic carbocycles. The number of halogens is 2. The summed E-state index contributed by atoms with van der Waals surface area (Å²) in [5.74, 6) is -0.725. The molecule has 0 radical (unpaired) electrons. The van der Waals surface area contributed by atoms with E-state index in [0.29, 0.717) is 9.99 Å². The van der Waals surface area contributed by atoms with Crippen molar-refractivity contribution in [3.8, 4) is 0 Å². The van der Waals surface area contributed by atoms with E-state index in [0.717, 1.165) is 6.07 Å². The molecule has 0 aliphatic carbocycles. The molecule has 0 saturated heterocycles. The smallest absolute Gasteiger partial charge is 0.258 e. The number of nitrogens with zero attached hydrogens (tertiary/aromatic N) is 1. The molecule has 0 heterocycles. The lowest BCUT2D eigenvalue weighted by atomic mass is 10.2. The first-order valence-electron chi connectivity index (χ1n) is 3.14. The Bertz CT molecular complexity index is 316. The third-order valence-electron chi connectivity index (χ3n) is 1.40. The van der Waals surface area contributed by atoms with Crippen molar-refractivity contribution in [1.29, 1.82) is 0 Å². The van der Waals surface area contributed by atoms with Crippen molar-refractivity contribution in [1.82, 2.24) is 0 Å². The van der Waals surface area contributed by atoms with Gasteiger partial charge in [0.2, 0.25) is 5.82 Å². The molecule has 0 fully saturated rings. The van der Waals surface area contributed by atoms with E-state index < -0.39 is 16.4 Å². The maximum absolute atomic E-state index is 13.1. The second-order valence-electron chi connectivity index (χ2n) is 2.14. The fourth-order valence-electron chi connectivity index (χ4n) is 0.810. The number of hydrogen-bond donors (Lipinski definition) is 0. The molecular weight excluding hydrogens is 276 g/mol. The molecule has 0 saturated carbocycles. The largest absolute Gasteiger partial charge is 0.305 e. The van der Waals surface area contributed by atoms with Crippen molar-refractivity contribution in [2.24, 2.45) is 0 Å². The Morgan fingerprint density at radius 3 is 2.75 bits per heavy atom. The van der Waals surface area contributed by atoms with Gasteiger partial charge < -0.3 is 0 Å². The zero-order chi connectivity index (χ0) is 9.14. The molecule has 12 heavy (non-hydrogen) atoms. The van der Waals surface area contributed by atoms with E-state index in [1.165, 1.54) is 12.1 Å². The lowest BCUT2D eigenvalue weighted by Gasteiger charge is -1.97. The van der Waals surface area contributed by atoms with Crippen LogP contribution in [0.1, 0.15) is 5.56 Å². The van der Waals surface area contributed by atoms with Crippen molar-refractivity contribution < 1.29 is 9.31 Å². The number of benzene rings is 1. The minimum atomic E-state index is -0.725. The van der Waals surface area contributed by atoms with E-state index in [-0.39, 0.29) is 0 Å².